The predicted octanol–water partition coefficient (Wildman–Crippen LogP) is 4.81. The molecule has 1 aliphatic heterocycles. The lowest BCUT2D eigenvalue weighted by atomic mass is 10.0. The highest BCUT2D eigenvalue weighted by atomic mass is 35.5. The number of carbonyl (C=O) groups is 2. The molecule has 0 bridgehead atoms. The summed E-state index contributed by atoms with van der Waals surface area (Å²) < 4.78 is 0. The lowest BCUT2D eigenvalue weighted by molar-refractivity contribution is -0.120. The van der Waals surface area contributed by atoms with Crippen molar-refractivity contribution < 1.29 is 9.59 Å². The number of aryl methyl sites for hydroxylation is 1. The van der Waals surface area contributed by atoms with E-state index in [9.17, 15) is 9.59 Å². The van der Waals surface area contributed by atoms with Gasteiger partial charge in [0, 0.05) is 5.69 Å². The molecular weight excluding hydrogens is 348 g/mol. The first-order valence-electron chi connectivity index (χ1n) is 8.66. The van der Waals surface area contributed by atoms with Crippen LogP contribution in [-0.2, 0) is 16.0 Å². The summed E-state index contributed by atoms with van der Waals surface area (Å²) in [5.74, 6) is -0.586. The number of amides is 2. The molecule has 0 unspecified atom stereocenters. The quantitative estimate of drug-likeness (QED) is 0.770. The second-order valence-corrected chi connectivity index (χ2v) is 6.93. The molecule has 2 aromatic carbocycles. The predicted molar refractivity (Wildman–Crippen MR) is 105 cm³/mol. The lowest BCUT2D eigenvalue weighted by Crippen LogP contribution is -2.32. The van der Waals surface area contributed by atoms with Crippen molar-refractivity contribution in [2.75, 3.05) is 10.2 Å². The minimum absolute atomic E-state index is 0.0949. The number of anilines is 2. The van der Waals surface area contributed by atoms with E-state index in [1.165, 1.54) is 5.56 Å². The smallest absolute Gasteiger partial charge is 0.283 e. The monoisotopic (exact) mass is 368 g/mol. The number of nitrogens with zero attached hydrogens (tertiary/aromatic N) is 1. The molecule has 0 radical (unpaired) electrons. The highest BCUT2D eigenvalue weighted by molar-refractivity contribution is 6.53. The molecule has 4 nitrogen and oxygen atoms in total. The van der Waals surface area contributed by atoms with Crippen LogP contribution >= 0.6 is 11.6 Å². The Bertz CT molecular complexity index is 868. The van der Waals surface area contributed by atoms with Crippen LogP contribution in [0.3, 0.4) is 0 Å². The van der Waals surface area contributed by atoms with Crippen molar-refractivity contribution in [3.8, 4) is 0 Å². The van der Waals surface area contributed by atoms with Gasteiger partial charge in [0.25, 0.3) is 11.8 Å². The first-order valence-corrected chi connectivity index (χ1v) is 9.04. The average molecular weight is 369 g/mol. The molecule has 134 valence electrons. The van der Waals surface area contributed by atoms with Gasteiger partial charge in [-0.1, -0.05) is 56.6 Å². The van der Waals surface area contributed by atoms with Crippen LogP contribution in [0, 0.1) is 0 Å². The van der Waals surface area contributed by atoms with Gasteiger partial charge in [0.1, 0.15) is 10.7 Å². The van der Waals surface area contributed by atoms with Gasteiger partial charge in [0.15, 0.2) is 0 Å². The van der Waals surface area contributed by atoms with E-state index in [4.69, 9.17) is 11.6 Å². The number of imide groups is 1. The molecule has 5 heteroatoms. The molecule has 1 aliphatic rings. The normalized spacial score (nSPS) is 14.6. The van der Waals surface area contributed by atoms with E-state index >= 15 is 0 Å². The van der Waals surface area contributed by atoms with Crippen LogP contribution in [-0.4, -0.2) is 11.8 Å². The Balaban J connectivity index is 1.84. The zero-order chi connectivity index (χ0) is 18.8. The van der Waals surface area contributed by atoms with Gasteiger partial charge in [-0.05, 0) is 47.7 Å². The van der Waals surface area contributed by atoms with E-state index in [2.05, 4.69) is 26.1 Å². The maximum atomic E-state index is 12.8. The molecule has 26 heavy (non-hydrogen) atoms. The maximum Gasteiger partial charge on any atom is 0.283 e. The molecular formula is C21H21ClN2O2. The third-order valence-electron chi connectivity index (χ3n) is 4.48. The number of hydrogen-bond donors (Lipinski definition) is 1. The Morgan fingerprint density at radius 2 is 1.58 bits per heavy atom. The standard InChI is InChI=1S/C21H21ClN2O2/c1-4-14-5-9-16(10-6-14)23-19-18(22)20(25)24(21(19)26)17-11-7-15(8-12-17)13(2)3/h5-13,23H,4H2,1-3H3. The minimum Gasteiger partial charge on any atom is -0.350 e. The largest absolute Gasteiger partial charge is 0.350 e. The van der Waals surface area contributed by atoms with E-state index in [1.807, 2.05) is 36.4 Å². The second-order valence-electron chi connectivity index (χ2n) is 6.56. The van der Waals surface area contributed by atoms with Crippen LogP contribution in [0.5, 0.6) is 0 Å². The fraction of sp³-hybridized carbons (Fsp3) is 0.238. The van der Waals surface area contributed by atoms with E-state index in [0.717, 1.165) is 16.9 Å². The summed E-state index contributed by atoms with van der Waals surface area (Å²) in [4.78, 5) is 26.4. The van der Waals surface area contributed by atoms with Crippen molar-refractivity contribution in [3.05, 3.63) is 70.4 Å². The van der Waals surface area contributed by atoms with Crippen molar-refractivity contribution in [1.82, 2.24) is 0 Å². The molecule has 2 aromatic rings. The molecule has 0 fully saturated rings. The Kier molecular flexibility index (Phi) is 5.14. The summed E-state index contributed by atoms with van der Waals surface area (Å²) >= 11 is 6.16. The first-order chi connectivity index (χ1) is 12.4. The average Bonchev–Trinajstić information content (AvgIpc) is 2.86. The van der Waals surface area contributed by atoms with Crippen LogP contribution in [0.25, 0.3) is 0 Å². The highest BCUT2D eigenvalue weighted by Crippen LogP contribution is 2.31. The van der Waals surface area contributed by atoms with Crippen LogP contribution in [0.2, 0.25) is 0 Å². The molecule has 0 atom stereocenters. The van der Waals surface area contributed by atoms with Crippen LogP contribution in [0.4, 0.5) is 11.4 Å². The number of nitrogens with one attached hydrogen (secondary N) is 1. The molecule has 0 aromatic heterocycles. The topological polar surface area (TPSA) is 49.4 Å². The van der Waals surface area contributed by atoms with Gasteiger partial charge in [0.2, 0.25) is 0 Å². The zero-order valence-electron chi connectivity index (χ0n) is 15.0. The van der Waals surface area contributed by atoms with E-state index in [1.54, 1.807) is 12.1 Å². The molecule has 0 aliphatic carbocycles. The van der Waals surface area contributed by atoms with Gasteiger partial charge >= 0.3 is 0 Å². The summed E-state index contributed by atoms with van der Waals surface area (Å²) in [5.41, 5.74) is 3.67. The van der Waals surface area contributed by atoms with E-state index < -0.39 is 11.8 Å². The number of benzene rings is 2. The first kappa shape index (κ1) is 18.2. The zero-order valence-corrected chi connectivity index (χ0v) is 15.8. The SMILES string of the molecule is CCc1ccc(NC2=C(Cl)C(=O)N(c3ccc(C(C)C)cc3)C2=O)cc1. The fourth-order valence-corrected chi connectivity index (χ4v) is 3.03. The molecule has 0 spiro atoms. The number of rotatable bonds is 5. The van der Waals surface area contributed by atoms with Gasteiger partial charge < -0.3 is 5.32 Å². The summed E-state index contributed by atoms with van der Waals surface area (Å²) in [6, 6.07) is 15.1. The van der Waals surface area contributed by atoms with Crippen LogP contribution < -0.4 is 10.2 Å². The van der Waals surface area contributed by atoms with Crippen LogP contribution in [0.15, 0.2) is 59.3 Å². The second kappa shape index (κ2) is 7.34. The lowest BCUT2D eigenvalue weighted by Gasteiger charge is -2.16. The van der Waals surface area contributed by atoms with Crippen molar-refractivity contribution in [3.63, 3.8) is 0 Å². The summed E-state index contributed by atoms with van der Waals surface area (Å²) in [6.07, 6.45) is 0.932. The number of halogens is 1. The third-order valence-corrected chi connectivity index (χ3v) is 4.83. The summed E-state index contributed by atoms with van der Waals surface area (Å²) in [7, 11) is 0. The molecule has 1 heterocycles. The van der Waals surface area contributed by atoms with Gasteiger partial charge in [-0.2, -0.15) is 0 Å². The number of carbonyl (C=O) groups excluding carboxylic acids is 2. The van der Waals surface area contributed by atoms with Crippen molar-refractivity contribution in [1.29, 1.82) is 0 Å². The summed E-state index contributed by atoms with van der Waals surface area (Å²) in [5, 5.41) is 2.89. The van der Waals surface area contributed by atoms with E-state index in [-0.39, 0.29) is 10.7 Å². The Morgan fingerprint density at radius 1 is 0.962 bits per heavy atom. The minimum atomic E-state index is -0.512. The van der Waals surface area contributed by atoms with Crippen molar-refractivity contribution in [2.24, 2.45) is 0 Å². The van der Waals surface area contributed by atoms with Gasteiger partial charge in [0.05, 0.1) is 5.69 Å². The van der Waals surface area contributed by atoms with E-state index in [0.29, 0.717) is 17.3 Å². The third kappa shape index (κ3) is 3.37. The van der Waals surface area contributed by atoms with Crippen molar-refractivity contribution >= 4 is 34.8 Å². The Morgan fingerprint density at radius 3 is 2.12 bits per heavy atom. The summed E-state index contributed by atoms with van der Waals surface area (Å²) in [6.45, 7) is 6.25. The van der Waals surface area contributed by atoms with Gasteiger partial charge in [-0.3, -0.25) is 9.59 Å². The molecule has 0 saturated carbocycles. The van der Waals surface area contributed by atoms with Crippen molar-refractivity contribution in [2.45, 2.75) is 33.1 Å². The fourth-order valence-electron chi connectivity index (χ4n) is 2.82. The molecule has 3 rings (SSSR count). The molecule has 1 N–H and O–H groups in total. The van der Waals surface area contributed by atoms with Crippen LogP contribution in [0.1, 0.15) is 37.8 Å². The maximum absolute atomic E-state index is 12.8. The Labute approximate surface area is 158 Å². The highest BCUT2D eigenvalue weighted by Gasteiger charge is 2.38. The van der Waals surface area contributed by atoms with Gasteiger partial charge in [-0.25, -0.2) is 4.90 Å². The molecule has 2 amide bonds. The van der Waals surface area contributed by atoms with Gasteiger partial charge in [-0.15, -0.1) is 0 Å². The Hall–Kier alpha value is -2.59. The number of hydrogen-bond acceptors (Lipinski definition) is 3. The molecule has 0 saturated heterocycles.